The molecule has 1 aromatic rings. The van der Waals surface area contributed by atoms with Crippen molar-refractivity contribution in [2.24, 2.45) is 5.41 Å². The van der Waals surface area contributed by atoms with Crippen LogP contribution in [-0.4, -0.2) is 47.3 Å². The number of alkyl halides is 3. The van der Waals surface area contributed by atoms with Gasteiger partial charge in [-0.1, -0.05) is 13.8 Å². The summed E-state index contributed by atoms with van der Waals surface area (Å²) in [6, 6.07) is 3.09. The van der Waals surface area contributed by atoms with Crippen LogP contribution in [0.15, 0.2) is 18.2 Å². The molecule has 1 aliphatic rings. The second kappa shape index (κ2) is 7.08. The average Bonchev–Trinajstić information content (AvgIpc) is 2.53. The van der Waals surface area contributed by atoms with Gasteiger partial charge in [-0.15, -0.1) is 0 Å². The van der Waals surface area contributed by atoms with Crippen LogP contribution in [0.2, 0.25) is 0 Å². The van der Waals surface area contributed by atoms with Crippen molar-refractivity contribution >= 4 is 28.7 Å². The Balaban J connectivity index is 2.43. The molecule has 1 heterocycles. The van der Waals surface area contributed by atoms with Crippen molar-refractivity contribution in [3.8, 4) is 5.75 Å². The zero-order valence-electron chi connectivity index (χ0n) is 14.1. The number of carbonyl (C=O) groups excluding carboxylic acids is 1. The zero-order chi connectivity index (χ0) is 19.8. The van der Waals surface area contributed by atoms with Gasteiger partial charge in [-0.2, -0.15) is 21.6 Å². The van der Waals surface area contributed by atoms with Crippen LogP contribution in [0.3, 0.4) is 0 Å². The molecule has 2 rings (SSSR count). The van der Waals surface area contributed by atoms with Crippen LogP contribution >= 0.6 is 0 Å². The smallest absolute Gasteiger partial charge is 0.465 e. The standard InChI is InChI=1S/C14H16BF3O7S/c1-13(2)7-23-15(24-8-13)10-6-9(12(19)22-3)4-5-11(10)25-26(20,21)14(16,17)18/h4-6H,7-8H2,1-3H3. The molecule has 0 aromatic heterocycles. The average molecular weight is 396 g/mol. The van der Waals surface area contributed by atoms with E-state index in [9.17, 15) is 26.4 Å². The lowest BCUT2D eigenvalue weighted by atomic mass is 9.74. The molecule has 1 fully saturated rings. The zero-order valence-corrected chi connectivity index (χ0v) is 14.9. The van der Waals surface area contributed by atoms with Gasteiger partial charge in [0.2, 0.25) is 0 Å². The second-order valence-corrected chi connectivity index (χ2v) is 7.88. The molecule has 0 radical (unpaired) electrons. The van der Waals surface area contributed by atoms with E-state index in [0.29, 0.717) is 0 Å². The summed E-state index contributed by atoms with van der Waals surface area (Å²) in [5.74, 6) is -1.42. The highest BCUT2D eigenvalue weighted by atomic mass is 32.2. The molecule has 0 unspecified atom stereocenters. The van der Waals surface area contributed by atoms with Crippen LogP contribution in [0, 0.1) is 5.41 Å². The lowest BCUT2D eigenvalue weighted by Gasteiger charge is -2.33. The molecule has 1 saturated heterocycles. The van der Waals surface area contributed by atoms with E-state index in [0.717, 1.165) is 25.3 Å². The molecule has 0 saturated carbocycles. The number of ether oxygens (including phenoxy) is 1. The third-order valence-electron chi connectivity index (χ3n) is 3.42. The summed E-state index contributed by atoms with van der Waals surface area (Å²) >= 11 is 0. The first kappa shape index (κ1) is 20.5. The minimum absolute atomic E-state index is 0.0312. The topological polar surface area (TPSA) is 88.1 Å². The third-order valence-corrected chi connectivity index (χ3v) is 4.38. The van der Waals surface area contributed by atoms with Gasteiger partial charge < -0.3 is 18.2 Å². The van der Waals surface area contributed by atoms with Crippen molar-refractivity contribution < 1.29 is 44.6 Å². The Bertz CT molecular complexity index is 782. The minimum Gasteiger partial charge on any atom is -0.465 e. The Kier molecular flexibility index (Phi) is 5.59. The number of rotatable bonds is 4. The summed E-state index contributed by atoms with van der Waals surface area (Å²) in [5.41, 5.74) is -6.15. The molecular weight excluding hydrogens is 380 g/mol. The number of hydrogen-bond acceptors (Lipinski definition) is 7. The van der Waals surface area contributed by atoms with Crippen LogP contribution in [0.5, 0.6) is 5.75 Å². The van der Waals surface area contributed by atoms with Crippen molar-refractivity contribution in [3.05, 3.63) is 23.8 Å². The summed E-state index contributed by atoms with van der Waals surface area (Å²) in [6.07, 6.45) is 0. The number of carbonyl (C=O) groups is 1. The van der Waals surface area contributed by atoms with Crippen LogP contribution in [0.25, 0.3) is 0 Å². The first-order valence-corrected chi connectivity index (χ1v) is 8.73. The predicted molar refractivity (Wildman–Crippen MR) is 84.5 cm³/mol. The van der Waals surface area contributed by atoms with Gasteiger partial charge in [-0.25, -0.2) is 4.79 Å². The molecule has 0 N–H and O–H groups in total. The SMILES string of the molecule is COC(=O)c1ccc(OS(=O)(=O)C(F)(F)F)c(B2OCC(C)(C)CO2)c1. The minimum atomic E-state index is -5.90. The molecule has 144 valence electrons. The van der Waals surface area contributed by atoms with Crippen LogP contribution < -0.4 is 9.65 Å². The Morgan fingerprint density at radius 1 is 1.23 bits per heavy atom. The first-order valence-electron chi connectivity index (χ1n) is 7.32. The van der Waals surface area contributed by atoms with Gasteiger partial charge in [0, 0.05) is 24.1 Å². The van der Waals surface area contributed by atoms with E-state index in [-0.39, 0.29) is 29.7 Å². The Hall–Kier alpha value is -1.79. The first-order chi connectivity index (χ1) is 11.9. The lowest BCUT2D eigenvalue weighted by Crippen LogP contribution is -2.48. The van der Waals surface area contributed by atoms with Crippen molar-refractivity contribution in [2.75, 3.05) is 20.3 Å². The Labute approximate surface area is 148 Å². The van der Waals surface area contributed by atoms with Gasteiger partial charge in [0.05, 0.1) is 12.7 Å². The summed E-state index contributed by atoms with van der Waals surface area (Å²) in [4.78, 5) is 11.7. The summed E-state index contributed by atoms with van der Waals surface area (Å²) in [7, 11) is -5.98. The molecule has 0 spiro atoms. The molecule has 0 bridgehead atoms. The van der Waals surface area contributed by atoms with Gasteiger partial charge in [-0.05, 0) is 18.2 Å². The lowest BCUT2D eigenvalue weighted by molar-refractivity contribution is -0.0500. The number of hydrogen-bond donors (Lipinski definition) is 0. The summed E-state index contributed by atoms with van der Waals surface area (Å²) in [5, 5.41) is 0. The van der Waals surface area contributed by atoms with Gasteiger partial charge >= 0.3 is 28.7 Å². The molecule has 7 nitrogen and oxygen atoms in total. The summed E-state index contributed by atoms with van der Waals surface area (Å²) in [6.45, 7) is 4.09. The van der Waals surface area contributed by atoms with Crippen molar-refractivity contribution in [2.45, 2.75) is 19.4 Å². The summed E-state index contributed by atoms with van der Waals surface area (Å²) < 4.78 is 80.1. The highest BCUT2D eigenvalue weighted by Gasteiger charge is 2.49. The number of methoxy groups -OCH3 is 1. The highest BCUT2D eigenvalue weighted by Crippen LogP contribution is 2.28. The van der Waals surface area contributed by atoms with Crippen LogP contribution in [-0.2, 0) is 24.2 Å². The molecule has 1 aromatic carbocycles. The molecule has 0 aliphatic carbocycles. The van der Waals surface area contributed by atoms with E-state index in [4.69, 9.17) is 9.31 Å². The Morgan fingerprint density at radius 3 is 2.31 bits per heavy atom. The quantitative estimate of drug-likeness (QED) is 0.330. The molecule has 0 amide bonds. The molecule has 1 aliphatic heterocycles. The normalized spacial score (nSPS) is 17.7. The van der Waals surface area contributed by atoms with Crippen LogP contribution in [0.4, 0.5) is 13.2 Å². The number of esters is 1. The fourth-order valence-electron chi connectivity index (χ4n) is 2.09. The van der Waals surface area contributed by atoms with E-state index in [2.05, 4.69) is 8.92 Å². The van der Waals surface area contributed by atoms with E-state index >= 15 is 0 Å². The molecule has 12 heteroatoms. The van der Waals surface area contributed by atoms with Crippen molar-refractivity contribution in [1.29, 1.82) is 0 Å². The van der Waals surface area contributed by atoms with E-state index < -0.39 is 34.5 Å². The van der Waals surface area contributed by atoms with Crippen LogP contribution in [0.1, 0.15) is 24.2 Å². The number of halogens is 3. The van der Waals surface area contributed by atoms with E-state index in [1.165, 1.54) is 0 Å². The largest absolute Gasteiger partial charge is 0.534 e. The molecule has 0 atom stereocenters. The van der Waals surface area contributed by atoms with Gasteiger partial charge in [0.25, 0.3) is 0 Å². The number of benzene rings is 1. The van der Waals surface area contributed by atoms with Crippen molar-refractivity contribution in [3.63, 3.8) is 0 Å². The van der Waals surface area contributed by atoms with Gasteiger partial charge in [-0.3, -0.25) is 0 Å². The van der Waals surface area contributed by atoms with E-state index in [1.807, 2.05) is 13.8 Å². The highest BCUT2D eigenvalue weighted by molar-refractivity contribution is 7.88. The predicted octanol–water partition coefficient (Wildman–Crippen LogP) is 1.47. The molecular formula is C14H16BF3O7S. The fraction of sp³-hybridized carbons (Fsp3) is 0.500. The third kappa shape index (κ3) is 4.49. The Morgan fingerprint density at radius 2 is 1.81 bits per heavy atom. The fourth-order valence-corrected chi connectivity index (χ4v) is 2.57. The molecule has 26 heavy (non-hydrogen) atoms. The maximum absolute atomic E-state index is 12.6. The van der Waals surface area contributed by atoms with Gasteiger partial charge in [0.1, 0.15) is 5.75 Å². The second-order valence-electron chi connectivity index (χ2n) is 6.35. The van der Waals surface area contributed by atoms with Gasteiger partial charge in [0.15, 0.2) is 0 Å². The maximum atomic E-state index is 12.6. The monoisotopic (exact) mass is 396 g/mol. The maximum Gasteiger partial charge on any atom is 0.534 e. The van der Waals surface area contributed by atoms with Crippen molar-refractivity contribution in [1.82, 2.24) is 0 Å². The van der Waals surface area contributed by atoms with E-state index in [1.54, 1.807) is 0 Å².